The van der Waals surface area contributed by atoms with E-state index >= 15 is 0 Å². The van der Waals surface area contributed by atoms with Crippen LogP contribution >= 0.6 is 0 Å². The number of nitro groups is 1. The van der Waals surface area contributed by atoms with Gasteiger partial charge in [0.15, 0.2) is 4.90 Å². The van der Waals surface area contributed by atoms with Crippen molar-refractivity contribution < 1.29 is 22.6 Å². The standard InChI is InChI=1S/C11H9N7O6S/c1-24-9-3-8(18(19)20)10(25(21,22)23)2-7(9)13-5-6(4-12)11-14-16-17-15-11/h2-3,5,13H,1H3,(H,21,22,23)(H,14,15,16,17). The molecule has 0 radical (unpaired) electrons. The first-order valence-electron chi connectivity index (χ1n) is 6.22. The summed E-state index contributed by atoms with van der Waals surface area (Å²) >= 11 is 0. The Morgan fingerprint density at radius 3 is 2.76 bits per heavy atom. The molecule has 25 heavy (non-hydrogen) atoms. The number of rotatable bonds is 6. The van der Waals surface area contributed by atoms with Crippen molar-refractivity contribution in [3.05, 3.63) is 34.3 Å². The number of ether oxygens (including phenoxy) is 1. The molecule has 13 nitrogen and oxygen atoms in total. The fourth-order valence-corrected chi connectivity index (χ4v) is 2.42. The van der Waals surface area contributed by atoms with Gasteiger partial charge in [-0.25, -0.2) is 0 Å². The maximum Gasteiger partial charge on any atom is 0.301 e. The van der Waals surface area contributed by atoms with Gasteiger partial charge in [0, 0.05) is 6.20 Å². The number of nitriles is 1. The van der Waals surface area contributed by atoms with Crippen molar-refractivity contribution in [2.75, 3.05) is 12.4 Å². The minimum absolute atomic E-state index is 0.0362. The molecule has 0 spiro atoms. The van der Waals surface area contributed by atoms with E-state index in [1.54, 1.807) is 6.07 Å². The molecule has 0 saturated heterocycles. The quantitative estimate of drug-likeness (QED) is 0.275. The maximum atomic E-state index is 11.4. The fraction of sp³-hybridized carbons (Fsp3) is 0.0909. The molecule has 1 aromatic heterocycles. The van der Waals surface area contributed by atoms with E-state index in [1.807, 2.05) is 0 Å². The first kappa shape index (κ1) is 17.8. The molecule has 0 fully saturated rings. The van der Waals surface area contributed by atoms with Gasteiger partial charge in [-0.15, -0.1) is 10.2 Å². The number of anilines is 1. The van der Waals surface area contributed by atoms with Crippen LogP contribution in [0.2, 0.25) is 0 Å². The molecule has 0 saturated carbocycles. The Kier molecular flexibility index (Phi) is 4.91. The molecule has 1 aromatic carbocycles. The lowest BCUT2D eigenvalue weighted by Crippen LogP contribution is -2.06. The monoisotopic (exact) mass is 367 g/mol. The Hall–Kier alpha value is -3.57. The Labute approximate surface area is 139 Å². The lowest BCUT2D eigenvalue weighted by Gasteiger charge is -2.10. The van der Waals surface area contributed by atoms with Crippen molar-refractivity contribution in [1.29, 1.82) is 5.26 Å². The van der Waals surface area contributed by atoms with Crippen molar-refractivity contribution in [1.82, 2.24) is 20.6 Å². The lowest BCUT2D eigenvalue weighted by atomic mass is 10.2. The van der Waals surface area contributed by atoms with Crippen LogP contribution in [-0.2, 0) is 10.1 Å². The van der Waals surface area contributed by atoms with E-state index in [1.165, 1.54) is 7.11 Å². The molecule has 14 heteroatoms. The van der Waals surface area contributed by atoms with Crippen molar-refractivity contribution in [3.8, 4) is 11.8 Å². The van der Waals surface area contributed by atoms with Gasteiger partial charge < -0.3 is 10.1 Å². The maximum absolute atomic E-state index is 11.4. The molecule has 2 aromatic rings. The topological polar surface area (TPSA) is 197 Å². The van der Waals surface area contributed by atoms with Crippen molar-refractivity contribution >= 4 is 27.1 Å². The third-order valence-corrected chi connectivity index (χ3v) is 3.72. The highest BCUT2D eigenvalue weighted by Crippen LogP contribution is 2.35. The largest absolute Gasteiger partial charge is 0.494 e. The summed E-state index contributed by atoms with van der Waals surface area (Å²) in [6, 6.07) is 3.40. The van der Waals surface area contributed by atoms with E-state index in [4.69, 9.17) is 10.00 Å². The number of aromatic nitrogens is 4. The zero-order valence-electron chi connectivity index (χ0n) is 12.4. The summed E-state index contributed by atoms with van der Waals surface area (Å²) in [6.45, 7) is 0. The zero-order chi connectivity index (χ0) is 18.6. The van der Waals surface area contributed by atoms with Gasteiger partial charge >= 0.3 is 10.1 Å². The highest BCUT2D eigenvalue weighted by Gasteiger charge is 2.27. The summed E-state index contributed by atoms with van der Waals surface area (Å²) in [7, 11) is -3.68. The number of methoxy groups -OCH3 is 1. The summed E-state index contributed by atoms with van der Waals surface area (Å²) in [6.07, 6.45) is 1.11. The second kappa shape index (κ2) is 6.90. The van der Waals surface area contributed by atoms with Gasteiger partial charge in [-0.1, -0.05) is 0 Å². The molecule has 0 unspecified atom stereocenters. The molecule has 1 heterocycles. The van der Waals surface area contributed by atoms with Crippen molar-refractivity contribution in [3.63, 3.8) is 0 Å². The van der Waals surface area contributed by atoms with Gasteiger partial charge in [0.05, 0.1) is 23.8 Å². The summed E-state index contributed by atoms with van der Waals surface area (Å²) in [5, 5.41) is 35.3. The van der Waals surface area contributed by atoms with E-state index in [0.717, 1.165) is 18.3 Å². The number of H-pyrrole nitrogens is 1. The number of hydrogen-bond acceptors (Lipinski definition) is 10. The minimum atomic E-state index is -4.88. The summed E-state index contributed by atoms with van der Waals surface area (Å²) in [5.74, 6) is -0.133. The number of allylic oxidation sites excluding steroid dienone is 1. The van der Waals surface area contributed by atoms with E-state index < -0.39 is 25.6 Å². The SMILES string of the molecule is COc1cc([N+](=O)[O-])c(S(=O)(=O)O)cc1NC=C(C#N)c1nn[nH]n1. The van der Waals surface area contributed by atoms with Crippen LogP contribution in [0.25, 0.3) is 5.57 Å². The van der Waals surface area contributed by atoms with E-state index in [-0.39, 0.29) is 22.8 Å². The molecule has 0 aliphatic carbocycles. The number of nitrogens with one attached hydrogen (secondary N) is 2. The van der Waals surface area contributed by atoms with Gasteiger partial charge in [-0.3, -0.25) is 14.7 Å². The number of hydrogen-bond donors (Lipinski definition) is 3. The van der Waals surface area contributed by atoms with Crippen LogP contribution in [0.15, 0.2) is 23.2 Å². The van der Waals surface area contributed by atoms with Crippen molar-refractivity contribution in [2.45, 2.75) is 4.90 Å². The second-order valence-electron chi connectivity index (χ2n) is 4.30. The van der Waals surface area contributed by atoms with Crippen LogP contribution in [0.1, 0.15) is 5.82 Å². The van der Waals surface area contributed by atoms with Gasteiger partial charge in [0.25, 0.3) is 5.69 Å². The Bertz CT molecular complexity index is 977. The Morgan fingerprint density at radius 1 is 1.56 bits per heavy atom. The fourth-order valence-electron chi connectivity index (χ4n) is 1.75. The number of aromatic amines is 1. The van der Waals surface area contributed by atoms with Gasteiger partial charge in [0.1, 0.15) is 17.4 Å². The van der Waals surface area contributed by atoms with Gasteiger partial charge in [-0.05, 0) is 11.3 Å². The third-order valence-electron chi connectivity index (χ3n) is 2.83. The van der Waals surface area contributed by atoms with Crippen LogP contribution in [0.4, 0.5) is 11.4 Å². The molecule has 0 aliphatic heterocycles. The molecular weight excluding hydrogens is 358 g/mol. The predicted molar refractivity (Wildman–Crippen MR) is 80.9 cm³/mol. The first-order chi connectivity index (χ1) is 11.8. The smallest absolute Gasteiger partial charge is 0.301 e. The lowest BCUT2D eigenvalue weighted by molar-refractivity contribution is -0.387. The van der Waals surface area contributed by atoms with E-state index in [0.29, 0.717) is 0 Å². The molecule has 3 N–H and O–H groups in total. The molecule has 0 bridgehead atoms. The van der Waals surface area contributed by atoms with Gasteiger partial charge in [-0.2, -0.15) is 18.9 Å². The molecule has 0 amide bonds. The van der Waals surface area contributed by atoms with E-state index in [9.17, 15) is 23.1 Å². The number of nitro benzene ring substituents is 1. The summed E-state index contributed by atoms with van der Waals surface area (Å²) in [5.41, 5.74) is -0.993. The molecule has 0 atom stereocenters. The van der Waals surface area contributed by atoms with Crippen LogP contribution < -0.4 is 10.1 Å². The summed E-state index contributed by atoms with van der Waals surface area (Å²) < 4.78 is 36.9. The van der Waals surface area contributed by atoms with E-state index in [2.05, 4.69) is 25.9 Å². The number of benzene rings is 1. The highest BCUT2D eigenvalue weighted by molar-refractivity contribution is 7.86. The average molecular weight is 367 g/mol. The summed E-state index contributed by atoms with van der Waals surface area (Å²) in [4.78, 5) is 9.07. The van der Waals surface area contributed by atoms with Crippen LogP contribution in [-0.4, -0.2) is 45.6 Å². The number of nitrogens with zero attached hydrogens (tertiary/aromatic N) is 5. The molecular formula is C11H9N7O6S. The minimum Gasteiger partial charge on any atom is -0.494 e. The average Bonchev–Trinajstić information content (AvgIpc) is 3.08. The highest BCUT2D eigenvalue weighted by atomic mass is 32.2. The molecule has 0 aliphatic rings. The zero-order valence-corrected chi connectivity index (χ0v) is 13.2. The van der Waals surface area contributed by atoms with Crippen molar-refractivity contribution in [2.24, 2.45) is 0 Å². The van der Waals surface area contributed by atoms with Crippen LogP contribution in [0.5, 0.6) is 5.75 Å². The van der Waals surface area contributed by atoms with Crippen LogP contribution in [0, 0.1) is 21.4 Å². The second-order valence-corrected chi connectivity index (χ2v) is 5.69. The Morgan fingerprint density at radius 2 is 2.28 bits per heavy atom. The predicted octanol–water partition coefficient (Wildman–Crippen LogP) is 0.340. The molecule has 130 valence electrons. The van der Waals surface area contributed by atoms with Crippen LogP contribution in [0.3, 0.4) is 0 Å². The normalized spacial score (nSPS) is 11.6. The Balaban J connectivity index is 2.54. The first-order valence-corrected chi connectivity index (χ1v) is 7.66. The molecule has 2 rings (SSSR count). The van der Waals surface area contributed by atoms with Gasteiger partial charge in [0.2, 0.25) is 5.82 Å². The third kappa shape index (κ3) is 3.85. The number of tetrazole rings is 1.